The van der Waals surface area contributed by atoms with Gasteiger partial charge in [-0.05, 0) is 31.0 Å². The molecule has 1 N–H and O–H groups in total. The van der Waals surface area contributed by atoms with Gasteiger partial charge in [0.05, 0.1) is 0 Å². The molecule has 0 amide bonds. The van der Waals surface area contributed by atoms with Crippen LogP contribution in [0.5, 0.6) is 0 Å². The molecule has 0 aliphatic heterocycles. The Hall–Kier alpha value is -1.05. The molecule has 0 saturated carbocycles. The Morgan fingerprint density at radius 3 is 2.21 bits per heavy atom. The predicted molar refractivity (Wildman–Crippen MR) is 82.2 cm³/mol. The molecule has 108 valence electrons. The SMILES string of the molecule is CCCCCCCCCCNc1ccc(C)c(F)c1. The minimum atomic E-state index is -0.124. The number of benzene rings is 1. The first kappa shape index (κ1) is 16.0. The van der Waals surface area contributed by atoms with Crippen LogP contribution < -0.4 is 5.32 Å². The molecule has 2 heteroatoms. The van der Waals surface area contributed by atoms with Gasteiger partial charge in [-0.2, -0.15) is 0 Å². The van der Waals surface area contributed by atoms with Gasteiger partial charge in [0.25, 0.3) is 0 Å². The summed E-state index contributed by atoms with van der Waals surface area (Å²) in [7, 11) is 0. The van der Waals surface area contributed by atoms with Gasteiger partial charge in [0.15, 0.2) is 0 Å². The lowest BCUT2D eigenvalue weighted by atomic mass is 10.1. The Bertz CT molecular complexity index is 349. The molecule has 0 unspecified atom stereocenters. The van der Waals surface area contributed by atoms with Gasteiger partial charge in [-0.1, -0.05) is 57.9 Å². The molecule has 0 aromatic heterocycles. The van der Waals surface area contributed by atoms with Crippen LogP contribution in [-0.4, -0.2) is 6.54 Å². The second kappa shape index (κ2) is 9.82. The minimum absolute atomic E-state index is 0.124. The van der Waals surface area contributed by atoms with Crippen molar-refractivity contribution >= 4 is 5.69 Å². The van der Waals surface area contributed by atoms with Crippen LogP contribution in [0.15, 0.2) is 18.2 Å². The maximum Gasteiger partial charge on any atom is 0.128 e. The van der Waals surface area contributed by atoms with Gasteiger partial charge in [-0.15, -0.1) is 0 Å². The van der Waals surface area contributed by atoms with Crippen molar-refractivity contribution in [2.24, 2.45) is 0 Å². The lowest BCUT2D eigenvalue weighted by Crippen LogP contribution is -2.02. The Balaban J connectivity index is 2.00. The molecule has 0 fully saturated rings. The minimum Gasteiger partial charge on any atom is -0.385 e. The van der Waals surface area contributed by atoms with E-state index in [1.807, 2.05) is 12.1 Å². The molecule has 0 spiro atoms. The second-order valence-corrected chi connectivity index (χ2v) is 5.37. The molecular weight excluding hydrogens is 237 g/mol. The van der Waals surface area contributed by atoms with Crippen molar-refractivity contribution in [2.75, 3.05) is 11.9 Å². The third kappa shape index (κ3) is 7.19. The van der Waals surface area contributed by atoms with E-state index >= 15 is 0 Å². The van der Waals surface area contributed by atoms with Gasteiger partial charge < -0.3 is 5.32 Å². The summed E-state index contributed by atoms with van der Waals surface area (Å²) in [5.74, 6) is -0.124. The van der Waals surface area contributed by atoms with Crippen LogP contribution in [0.1, 0.15) is 63.9 Å². The third-order valence-electron chi connectivity index (χ3n) is 3.53. The standard InChI is InChI=1S/C17H28FN/c1-3-4-5-6-7-8-9-10-13-19-16-12-11-15(2)17(18)14-16/h11-12,14,19H,3-10,13H2,1-2H3. The van der Waals surface area contributed by atoms with Crippen molar-refractivity contribution in [2.45, 2.75) is 65.2 Å². The van der Waals surface area contributed by atoms with Gasteiger partial charge in [-0.3, -0.25) is 0 Å². The maximum absolute atomic E-state index is 13.3. The van der Waals surface area contributed by atoms with E-state index in [0.29, 0.717) is 5.56 Å². The highest BCUT2D eigenvalue weighted by Gasteiger charge is 1.98. The van der Waals surface area contributed by atoms with Crippen molar-refractivity contribution < 1.29 is 4.39 Å². The lowest BCUT2D eigenvalue weighted by Gasteiger charge is -2.07. The Morgan fingerprint density at radius 2 is 1.58 bits per heavy atom. The first-order valence-corrected chi connectivity index (χ1v) is 7.74. The normalized spacial score (nSPS) is 10.7. The Morgan fingerprint density at radius 1 is 0.947 bits per heavy atom. The van der Waals surface area contributed by atoms with Crippen molar-refractivity contribution in [3.05, 3.63) is 29.6 Å². The van der Waals surface area contributed by atoms with Crippen LogP contribution in [0.25, 0.3) is 0 Å². The average Bonchev–Trinajstić information content (AvgIpc) is 2.41. The number of hydrogen-bond donors (Lipinski definition) is 1. The smallest absolute Gasteiger partial charge is 0.128 e. The van der Waals surface area contributed by atoms with Gasteiger partial charge in [0.1, 0.15) is 5.82 Å². The second-order valence-electron chi connectivity index (χ2n) is 5.37. The van der Waals surface area contributed by atoms with Gasteiger partial charge >= 0.3 is 0 Å². The summed E-state index contributed by atoms with van der Waals surface area (Å²) in [5, 5.41) is 3.28. The monoisotopic (exact) mass is 265 g/mol. The van der Waals surface area contributed by atoms with E-state index in [4.69, 9.17) is 0 Å². The van der Waals surface area contributed by atoms with E-state index in [1.54, 1.807) is 13.0 Å². The number of nitrogens with one attached hydrogen (secondary N) is 1. The molecule has 0 heterocycles. The number of halogens is 1. The van der Waals surface area contributed by atoms with Crippen LogP contribution in [0.3, 0.4) is 0 Å². The zero-order valence-electron chi connectivity index (χ0n) is 12.5. The molecular formula is C17H28FN. The fourth-order valence-corrected chi connectivity index (χ4v) is 2.19. The number of anilines is 1. The molecule has 0 atom stereocenters. The van der Waals surface area contributed by atoms with Gasteiger partial charge in [0.2, 0.25) is 0 Å². The topological polar surface area (TPSA) is 12.0 Å². The predicted octanol–water partition coefficient (Wildman–Crippen LogP) is 5.69. The summed E-state index contributed by atoms with van der Waals surface area (Å²) in [4.78, 5) is 0. The van der Waals surface area contributed by atoms with E-state index in [0.717, 1.165) is 12.2 Å². The molecule has 0 saturated heterocycles. The zero-order chi connectivity index (χ0) is 13.9. The van der Waals surface area contributed by atoms with Crippen LogP contribution in [-0.2, 0) is 0 Å². The molecule has 1 nitrogen and oxygen atoms in total. The van der Waals surface area contributed by atoms with Gasteiger partial charge in [0, 0.05) is 12.2 Å². The summed E-state index contributed by atoms with van der Waals surface area (Å²) in [6, 6.07) is 5.36. The zero-order valence-corrected chi connectivity index (χ0v) is 12.5. The number of hydrogen-bond acceptors (Lipinski definition) is 1. The van der Waals surface area contributed by atoms with Crippen LogP contribution in [0.2, 0.25) is 0 Å². The lowest BCUT2D eigenvalue weighted by molar-refractivity contribution is 0.581. The van der Waals surface area contributed by atoms with Crippen molar-refractivity contribution in [1.82, 2.24) is 0 Å². The van der Waals surface area contributed by atoms with Gasteiger partial charge in [-0.25, -0.2) is 4.39 Å². The van der Waals surface area contributed by atoms with E-state index in [1.165, 1.54) is 51.4 Å². The summed E-state index contributed by atoms with van der Waals surface area (Å²) in [6.45, 7) is 4.98. The van der Waals surface area contributed by atoms with Crippen LogP contribution in [0, 0.1) is 12.7 Å². The van der Waals surface area contributed by atoms with Crippen LogP contribution in [0.4, 0.5) is 10.1 Å². The quantitative estimate of drug-likeness (QED) is 0.536. The summed E-state index contributed by atoms with van der Waals surface area (Å²) >= 11 is 0. The fraction of sp³-hybridized carbons (Fsp3) is 0.647. The molecule has 0 radical (unpaired) electrons. The highest BCUT2D eigenvalue weighted by Crippen LogP contribution is 2.14. The molecule has 1 rings (SSSR count). The summed E-state index contributed by atoms with van der Waals surface area (Å²) < 4.78 is 13.3. The molecule has 0 bridgehead atoms. The maximum atomic E-state index is 13.3. The largest absolute Gasteiger partial charge is 0.385 e. The van der Waals surface area contributed by atoms with Crippen molar-refractivity contribution in [1.29, 1.82) is 0 Å². The van der Waals surface area contributed by atoms with Crippen molar-refractivity contribution in [3.8, 4) is 0 Å². The number of rotatable bonds is 10. The van der Waals surface area contributed by atoms with E-state index in [2.05, 4.69) is 12.2 Å². The number of unbranched alkanes of at least 4 members (excludes halogenated alkanes) is 7. The van der Waals surface area contributed by atoms with E-state index in [9.17, 15) is 4.39 Å². The highest BCUT2D eigenvalue weighted by molar-refractivity contribution is 5.44. The van der Waals surface area contributed by atoms with Crippen molar-refractivity contribution in [3.63, 3.8) is 0 Å². The average molecular weight is 265 g/mol. The number of aryl methyl sites for hydroxylation is 1. The molecule has 1 aromatic carbocycles. The van der Waals surface area contributed by atoms with E-state index < -0.39 is 0 Å². The molecule has 0 aliphatic rings. The highest BCUT2D eigenvalue weighted by atomic mass is 19.1. The molecule has 0 aliphatic carbocycles. The molecule has 19 heavy (non-hydrogen) atoms. The Labute approximate surface area is 117 Å². The molecule has 1 aromatic rings. The third-order valence-corrected chi connectivity index (χ3v) is 3.53. The first-order chi connectivity index (χ1) is 9.24. The fourth-order valence-electron chi connectivity index (χ4n) is 2.19. The summed E-state index contributed by atoms with van der Waals surface area (Å²) in [6.07, 6.45) is 10.6. The van der Waals surface area contributed by atoms with E-state index in [-0.39, 0.29) is 5.82 Å². The Kier molecular flexibility index (Phi) is 8.28. The first-order valence-electron chi connectivity index (χ1n) is 7.74. The van der Waals surface area contributed by atoms with Crippen LogP contribution >= 0.6 is 0 Å². The summed E-state index contributed by atoms with van der Waals surface area (Å²) in [5.41, 5.74) is 1.60.